The summed E-state index contributed by atoms with van der Waals surface area (Å²) in [5.41, 5.74) is 1.50. The Morgan fingerprint density at radius 3 is 2.35 bits per heavy atom. The predicted molar refractivity (Wildman–Crippen MR) is 123 cm³/mol. The maximum absolute atomic E-state index is 12.9. The third kappa shape index (κ3) is 6.89. The van der Waals surface area contributed by atoms with Crippen molar-refractivity contribution < 1.29 is 22.7 Å². The van der Waals surface area contributed by atoms with Crippen LogP contribution in [0.2, 0.25) is 0 Å². The second-order valence-corrected chi connectivity index (χ2v) is 8.98. The van der Waals surface area contributed by atoms with Gasteiger partial charge < -0.3 is 14.8 Å². The van der Waals surface area contributed by atoms with Crippen LogP contribution in [0.3, 0.4) is 0 Å². The van der Waals surface area contributed by atoms with Crippen LogP contribution in [0.15, 0.2) is 48.5 Å². The average molecular weight is 449 g/mol. The van der Waals surface area contributed by atoms with Crippen LogP contribution in [-0.4, -0.2) is 46.9 Å². The van der Waals surface area contributed by atoms with Gasteiger partial charge in [0, 0.05) is 6.54 Å². The first-order valence-corrected chi connectivity index (χ1v) is 12.3. The fourth-order valence-corrected chi connectivity index (χ4v) is 4.65. The molecule has 7 nitrogen and oxygen atoms in total. The van der Waals surface area contributed by atoms with Gasteiger partial charge in [0.15, 0.2) is 0 Å². The minimum absolute atomic E-state index is 0.318. The van der Waals surface area contributed by atoms with Crippen LogP contribution in [0, 0.1) is 0 Å². The topological polar surface area (TPSA) is 84.9 Å². The highest BCUT2D eigenvalue weighted by Gasteiger charge is 2.31. The molecule has 0 aromatic heterocycles. The molecule has 0 aliphatic carbocycles. The minimum atomic E-state index is -3.67. The number of amides is 1. The highest BCUT2D eigenvalue weighted by atomic mass is 32.2. The SMILES string of the molecule is CCOc1ccc(N([C@@H](CC)C(=O)NCCCc2ccccc2OC)S(C)(=O)=O)cc1. The van der Waals surface area contributed by atoms with Crippen molar-refractivity contribution >= 4 is 21.6 Å². The molecule has 0 unspecified atom stereocenters. The maximum Gasteiger partial charge on any atom is 0.243 e. The van der Waals surface area contributed by atoms with Gasteiger partial charge in [0.05, 0.1) is 25.7 Å². The molecule has 0 saturated carbocycles. The van der Waals surface area contributed by atoms with Crippen LogP contribution < -0.4 is 19.1 Å². The molecule has 2 aromatic rings. The Morgan fingerprint density at radius 1 is 1.10 bits per heavy atom. The number of carbonyl (C=O) groups is 1. The van der Waals surface area contributed by atoms with E-state index in [0.717, 1.165) is 24.0 Å². The van der Waals surface area contributed by atoms with E-state index in [1.807, 2.05) is 31.2 Å². The van der Waals surface area contributed by atoms with Crippen LogP contribution in [0.4, 0.5) is 5.69 Å². The van der Waals surface area contributed by atoms with Gasteiger partial charge in [0.25, 0.3) is 0 Å². The van der Waals surface area contributed by atoms with E-state index in [9.17, 15) is 13.2 Å². The molecule has 0 heterocycles. The molecule has 2 aromatic carbocycles. The van der Waals surface area contributed by atoms with E-state index in [0.29, 0.717) is 37.4 Å². The number of carbonyl (C=O) groups excluding carboxylic acids is 1. The van der Waals surface area contributed by atoms with Crippen LogP contribution in [0.1, 0.15) is 32.3 Å². The molecule has 0 aliphatic heterocycles. The van der Waals surface area contributed by atoms with Gasteiger partial charge in [-0.1, -0.05) is 25.1 Å². The molecular formula is C23H32N2O5S. The third-order valence-corrected chi connectivity index (χ3v) is 6.03. The number of sulfonamides is 1. The van der Waals surface area contributed by atoms with Gasteiger partial charge in [-0.25, -0.2) is 8.42 Å². The molecule has 0 radical (unpaired) electrons. The number of anilines is 1. The summed E-state index contributed by atoms with van der Waals surface area (Å²) in [4.78, 5) is 12.9. The maximum atomic E-state index is 12.9. The third-order valence-electron chi connectivity index (χ3n) is 4.85. The number of hydrogen-bond donors (Lipinski definition) is 1. The fourth-order valence-electron chi connectivity index (χ4n) is 3.43. The highest BCUT2D eigenvalue weighted by Crippen LogP contribution is 2.25. The van der Waals surface area contributed by atoms with Gasteiger partial charge in [-0.05, 0) is 62.1 Å². The molecule has 0 bridgehead atoms. The lowest BCUT2D eigenvalue weighted by molar-refractivity contribution is -0.122. The van der Waals surface area contributed by atoms with Crippen molar-refractivity contribution in [3.63, 3.8) is 0 Å². The standard InChI is InChI=1S/C23H32N2O5S/c1-5-21(23(26)24-17-9-11-18-10-7-8-12-22(18)29-3)25(31(4,27)28)19-13-15-20(16-14-19)30-6-2/h7-8,10,12-16,21H,5-6,9,11,17H2,1-4H3,(H,24,26)/t21-/m0/s1. The molecule has 8 heteroatoms. The van der Waals surface area contributed by atoms with Gasteiger partial charge >= 0.3 is 0 Å². The van der Waals surface area contributed by atoms with Gasteiger partial charge in [-0.15, -0.1) is 0 Å². The molecule has 170 valence electrons. The van der Waals surface area contributed by atoms with Gasteiger partial charge in [-0.3, -0.25) is 9.10 Å². The fraction of sp³-hybridized carbons (Fsp3) is 0.435. The van der Waals surface area contributed by atoms with E-state index < -0.39 is 16.1 Å². The molecule has 0 aliphatic rings. The normalized spacial score (nSPS) is 12.1. The first kappa shape index (κ1) is 24.5. The number of nitrogens with zero attached hydrogens (tertiary/aromatic N) is 1. The monoisotopic (exact) mass is 448 g/mol. The lowest BCUT2D eigenvalue weighted by atomic mass is 10.1. The van der Waals surface area contributed by atoms with Crippen LogP contribution >= 0.6 is 0 Å². The van der Waals surface area contributed by atoms with Crippen molar-refractivity contribution in [3.05, 3.63) is 54.1 Å². The Balaban J connectivity index is 2.06. The Morgan fingerprint density at radius 2 is 1.77 bits per heavy atom. The number of para-hydroxylation sites is 1. The largest absolute Gasteiger partial charge is 0.496 e. The summed E-state index contributed by atoms with van der Waals surface area (Å²) < 4.78 is 37.0. The molecule has 31 heavy (non-hydrogen) atoms. The van der Waals surface area contributed by atoms with Crippen molar-refractivity contribution in [3.8, 4) is 11.5 Å². The molecule has 0 spiro atoms. The van der Waals surface area contributed by atoms with E-state index in [-0.39, 0.29) is 5.91 Å². The Kier molecular flexibility index (Phi) is 9.18. The summed E-state index contributed by atoms with van der Waals surface area (Å²) in [6, 6.07) is 13.6. The Labute approximate surface area is 185 Å². The number of hydrogen-bond acceptors (Lipinski definition) is 5. The van der Waals surface area contributed by atoms with E-state index >= 15 is 0 Å². The zero-order valence-corrected chi connectivity index (χ0v) is 19.4. The first-order chi connectivity index (χ1) is 14.8. The molecule has 1 atom stereocenters. The number of benzene rings is 2. The number of ether oxygens (including phenoxy) is 2. The van der Waals surface area contributed by atoms with Gasteiger partial charge in [-0.2, -0.15) is 0 Å². The quantitative estimate of drug-likeness (QED) is 0.503. The van der Waals surface area contributed by atoms with E-state index in [4.69, 9.17) is 9.47 Å². The molecule has 1 amide bonds. The van der Waals surface area contributed by atoms with Crippen molar-refractivity contribution in [2.45, 2.75) is 39.2 Å². The van der Waals surface area contributed by atoms with Gasteiger partial charge in [0.1, 0.15) is 17.5 Å². The second kappa shape index (κ2) is 11.6. The molecule has 0 fully saturated rings. The van der Waals surface area contributed by atoms with Crippen molar-refractivity contribution in [1.82, 2.24) is 5.32 Å². The smallest absolute Gasteiger partial charge is 0.243 e. The highest BCUT2D eigenvalue weighted by molar-refractivity contribution is 7.92. The lowest BCUT2D eigenvalue weighted by Gasteiger charge is -2.30. The predicted octanol–water partition coefficient (Wildman–Crippen LogP) is 3.39. The Hall–Kier alpha value is -2.74. The zero-order chi connectivity index (χ0) is 22.9. The summed E-state index contributed by atoms with van der Waals surface area (Å²) in [6.45, 7) is 4.63. The van der Waals surface area contributed by atoms with E-state index in [1.165, 1.54) is 4.31 Å². The van der Waals surface area contributed by atoms with Crippen molar-refractivity contribution in [2.24, 2.45) is 0 Å². The minimum Gasteiger partial charge on any atom is -0.496 e. The molecule has 1 N–H and O–H groups in total. The number of rotatable bonds is 12. The van der Waals surface area contributed by atoms with Gasteiger partial charge in [0.2, 0.25) is 15.9 Å². The summed E-state index contributed by atoms with van der Waals surface area (Å²) in [7, 11) is -2.03. The van der Waals surface area contributed by atoms with Crippen LogP contribution in [0.25, 0.3) is 0 Å². The second-order valence-electron chi connectivity index (χ2n) is 7.12. The zero-order valence-electron chi connectivity index (χ0n) is 18.6. The summed E-state index contributed by atoms with van der Waals surface area (Å²) in [5.74, 6) is 1.15. The summed E-state index contributed by atoms with van der Waals surface area (Å²) in [6.07, 6.45) is 2.92. The average Bonchev–Trinajstić information content (AvgIpc) is 2.75. The molecule has 0 saturated heterocycles. The summed E-state index contributed by atoms with van der Waals surface area (Å²) in [5, 5.41) is 2.88. The summed E-state index contributed by atoms with van der Waals surface area (Å²) >= 11 is 0. The van der Waals surface area contributed by atoms with E-state index in [2.05, 4.69) is 5.32 Å². The Bertz CT molecular complexity index is 945. The number of aryl methyl sites for hydroxylation is 1. The number of methoxy groups -OCH3 is 1. The molecular weight excluding hydrogens is 416 g/mol. The van der Waals surface area contributed by atoms with Crippen LogP contribution in [0.5, 0.6) is 11.5 Å². The molecule has 2 rings (SSSR count). The van der Waals surface area contributed by atoms with Crippen molar-refractivity contribution in [1.29, 1.82) is 0 Å². The van der Waals surface area contributed by atoms with E-state index in [1.54, 1.807) is 38.3 Å². The first-order valence-electron chi connectivity index (χ1n) is 10.4. The van der Waals surface area contributed by atoms with Crippen LogP contribution in [-0.2, 0) is 21.2 Å². The lowest BCUT2D eigenvalue weighted by Crippen LogP contribution is -2.49. The number of nitrogens with one attached hydrogen (secondary N) is 1. The van der Waals surface area contributed by atoms with Crippen molar-refractivity contribution in [2.75, 3.05) is 30.8 Å².